The summed E-state index contributed by atoms with van der Waals surface area (Å²) >= 11 is 0. The highest BCUT2D eigenvalue weighted by atomic mass is 16.5. The quantitative estimate of drug-likeness (QED) is 0.776. The normalized spacial score (nSPS) is 15.8. The fourth-order valence-corrected chi connectivity index (χ4v) is 1.77. The van der Waals surface area contributed by atoms with E-state index in [0.717, 1.165) is 12.3 Å². The van der Waals surface area contributed by atoms with Crippen molar-refractivity contribution in [1.82, 2.24) is 0 Å². The van der Waals surface area contributed by atoms with E-state index in [1.54, 1.807) is 12.1 Å². The summed E-state index contributed by atoms with van der Waals surface area (Å²) in [6.45, 7) is 0.789. The number of esters is 1. The third kappa shape index (κ3) is 2.64. The van der Waals surface area contributed by atoms with Gasteiger partial charge in [-0.1, -0.05) is 19.3 Å². The molecule has 0 unspecified atom stereocenters. The molecule has 4 heteroatoms. The minimum absolute atomic E-state index is 0.244. The highest BCUT2D eigenvalue weighted by Crippen LogP contribution is 2.29. The Morgan fingerprint density at radius 2 is 2.31 bits per heavy atom. The first-order valence-corrected chi connectivity index (χ1v) is 5.75. The third-order valence-electron chi connectivity index (χ3n) is 3.05. The van der Waals surface area contributed by atoms with Crippen LogP contribution in [0.2, 0.25) is 0 Å². The molecule has 1 fully saturated rings. The van der Waals surface area contributed by atoms with E-state index in [-0.39, 0.29) is 11.7 Å². The van der Waals surface area contributed by atoms with E-state index in [4.69, 9.17) is 14.9 Å². The van der Waals surface area contributed by atoms with Crippen LogP contribution in [0.5, 0.6) is 0 Å². The van der Waals surface area contributed by atoms with Crippen LogP contribution in [0.25, 0.3) is 0 Å². The number of ether oxygens (including phenoxy) is 1. The Labute approximate surface area is 94.8 Å². The Kier molecular flexibility index (Phi) is 3.62. The fraction of sp³-hybridized carbons (Fsp3) is 0.583. The van der Waals surface area contributed by atoms with Gasteiger partial charge in [0.2, 0.25) is 5.76 Å². The molecule has 2 rings (SSSR count). The number of carbonyl (C=O) groups is 1. The summed E-state index contributed by atoms with van der Waals surface area (Å²) in [4.78, 5) is 11.5. The van der Waals surface area contributed by atoms with Gasteiger partial charge in [0.15, 0.2) is 0 Å². The minimum Gasteiger partial charge on any atom is -0.460 e. The second-order valence-corrected chi connectivity index (χ2v) is 4.19. The second-order valence-electron chi connectivity index (χ2n) is 4.19. The maximum absolute atomic E-state index is 11.5. The van der Waals surface area contributed by atoms with Gasteiger partial charge in [0, 0.05) is 0 Å². The first-order valence-electron chi connectivity index (χ1n) is 5.75. The van der Waals surface area contributed by atoms with E-state index in [0.29, 0.717) is 18.9 Å². The molecule has 0 aromatic carbocycles. The SMILES string of the molecule is NCc1ccc(C(=O)OCCC2CCC2)o1. The van der Waals surface area contributed by atoms with Gasteiger partial charge in [-0.15, -0.1) is 0 Å². The number of rotatable bonds is 5. The molecule has 1 aliphatic rings. The number of hydrogen-bond acceptors (Lipinski definition) is 4. The summed E-state index contributed by atoms with van der Waals surface area (Å²) in [6.07, 6.45) is 4.83. The molecule has 1 aromatic heterocycles. The van der Waals surface area contributed by atoms with E-state index >= 15 is 0 Å². The molecule has 0 amide bonds. The Morgan fingerprint density at radius 3 is 2.88 bits per heavy atom. The van der Waals surface area contributed by atoms with E-state index in [9.17, 15) is 4.79 Å². The van der Waals surface area contributed by atoms with Crippen LogP contribution in [0.1, 0.15) is 42.0 Å². The molecule has 0 aliphatic heterocycles. The molecule has 0 atom stereocenters. The van der Waals surface area contributed by atoms with Crippen molar-refractivity contribution in [2.45, 2.75) is 32.2 Å². The molecule has 0 radical (unpaired) electrons. The predicted molar refractivity (Wildman–Crippen MR) is 58.8 cm³/mol. The molecule has 1 heterocycles. The highest BCUT2D eigenvalue weighted by molar-refractivity contribution is 5.86. The molecular formula is C12H17NO3. The first kappa shape index (κ1) is 11.2. The van der Waals surface area contributed by atoms with Crippen molar-refractivity contribution in [1.29, 1.82) is 0 Å². The third-order valence-corrected chi connectivity index (χ3v) is 3.05. The fourth-order valence-electron chi connectivity index (χ4n) is 1.77. The number of nitrogens with two attached hydrogens (primary N) is 1. The molecule has 4 nitrogen and oxygen atoms in total. The lowest BCUT2D eigenvalue weighted by Crippen LogP contribution is -2.15. The summed E-state index contributed by atoms with van der Waals surface area (Å²) in [7, 11) is 0. The molecule has 88 valence electrons. The average Bonchev–Trinajstić information content (AvgIpc) is 2.69. The first-order chi connectivity index (χ1) is 7.79. The van der Waals surface area contributed by atoms with Crippen LogP contribution >= 0.6 is 0 Å². The average molecular weight is 223 g/mol. The lowest BCUT2D eigenvalue weighted by molar-refractivity contribution is 0.0427. The standard InChI is InChI=1S/C12H17NO3/c13-8-10-4-5-11(16-10)12(14)15-7-6-9-2-1-3-9/h4-5,9H,1-3,6-8,13H2. The molecule has 1 aromatic rings. The molecule has 0 spiro atoms. The zero-order valence-electron chi connectivity index (χ0n) is 9.28. The van der Waals surface area contributed by atoms with Crippen LogP contribution < -0.4 is 5.73 Å². The van der Waals surface area contributed by atoms with E-state index in [1.165, 1.54) is 19.3 Å². The summed E-state index contributed by atoms with van der Waals surface area (Å²) in [6, 6.07) is 3.30. The number of hydrogen-bond donors (Lipinski definition) is 1. The number of furan rings is 1. The molecule has 2 N–H and O–H groups in total. The Balaban J connectivity index is 1.73. The minimum atomic E-state index is -0.390. The molecule has 16 heavy (non-hydrogen) atoms. The van der Waals surface area contributed by atoms with Gasteiger partial charge < -0.3 is 14.9 Å². The van der Waals surface area contributed by atoms with Gasteiger partial charge in [0.1, 0.15) is 5.76 Å². The predicted octanol–water partition coefficient (Wildman–Crippen LogP) is 2.09. The summed E-state index contributed by atoms with van der Waals surface area (Å²) in [5, 5.41) is 0. The molecule has 1 saturated carbocycles. The largest absolute Gasteiger partial charge is 0.460 e. The molecule has 1 aliphatic carbocycles. The van der Waals surface area contributed by atoms with Crippen molar-refractivity contribution in [3.63, 3.8) is 0 Å². The van der Waals surface area contributed by atoms with Gasteiger partial charge in [-0.3, -0.25) is 0 Å². The van der Waals surface area contributed by atoms with Crippen molar-refractivity contribution < 1.29 is 13.9 Å². The van der Waals surface area contributed by atoms with Gasteiger partial charge in [-0.25, -0.2) is 4.79 Å². The monoisotopic (exact) mass is 223 g/mol. The lowest BCUT2D eigenvalue weighted by atomic mass is 9.83. The van der Waals surface area contributed by atoms with Crippen molar-refractivity contribution in [3.05, 3.63) is 23.7 Å². The van der Waals surface area contributed by atoms with Gasteiger partial charge in [-0.05, 0) is 24.5 Å². The summed E-state index contributed by atoms with van der Waals surface area (Å²) < 4.78 is 10.3. The van der Waals surface area contributed by atoms with Gasteiger partial charge in [0.05, 0.1) is 13.2 Å². The zero-order valence-corrected chi connectivity index (χ0v) is 9.28. The Morgan fingerprint density at radius 1 is 1.50 bits per heavy atom. The highest BCUT2D eigenvalue weighted by Gasteiger charge is 2.18. The number of carbonyl (C=O) groups excluding carboxylic acids is 1. The second kappa shape index (κ2) is 5.16. The molecular weight excluding hydrogens is 206 g/mol. The van der Waals surface area contributed by atoms with Gasteiger partial charge >= 0.3 is 5.97 Å². The van der Waals surface area contributed by atoms with Crippen LogP contribution in [0, 0.1) is 5.92 Å². The Hall–Kier alpha value is -1.29. The summed E-state index contributed by atoms with van der Waals surface area (Å²) in [5.74, 6) is 1.21. The maximum atomic E-state index is 11.5. The van der Waals surface area contributed by atoms with Crippen molar-refractivity contribution in [3.8, 4) is 0 Å². The van der Waals surface area contributed by atoms with E-state index < -0.39 is 0 Å². The Bertz CT molecular complexity index is 355. The van der Waals surface area contributed by atoms with Crippen LogP contribution in [-0.2, 0) is 11.3 Å². The topological polar surface area (TPSA) is 65.5 Å². The summed E-state index contributed by atoms with van der Waals surface area (Å²) in [5.41, 5.74) is 5.38. The maximum Gasteiger partial charge on any atom is 0.374 e. The molecule has 0 bridgehead atoms. The molecule has 0 saturated heterocycles. The van der Waals surface area contributed by atoms with Crippen molar-refractivity contribution >= 4 is 5.97 Å². The van der Waals surface area contributed by atoms with Crippen molar-refractivity contribution in [2.24, 2.45) is 11.7 Å². The van der Waals surface area contributed by atoms with Crippen molar-refractivity contribution in [2.75, 3.05) is 6.61 Å². The lowest BCUT2D eigenvalue weighted by Gasteiger charge is -2.24. The van der Waals surface area contributed by atoms with Crippen LogP contribution in [0.3, 0.4) is 0 Å². The van der Waals surface area contributed by atoms with Gasteiger partial charge in [-0.2, -0.15) is 0 Å². The van der Waals surface area contributed by atoms with Crippen LogP contribution in [0.4, 0.5) is 0 Å². The van der Waals surface area contributed by atoms with E-state index in [2.05, 4.69) is 0 Å². The van der Waals surface area contributed by atoms with Crippen LogP contribution in [0.15, 0.2) is 16.5 Å². The van der Waals surface area contributed by atoms with Gasteiger partial charge in [0.25, 0.3) is 0 Å². The zero-order chi connectivity index (χ0) is 11.4. The smallest absolute Gasteiger partial charge is 0.374 e. The van der Waals surface area contributed by atoms with E-state index in [1.807, 2.05) is 0 Å². The van der Waals surface area contributed by atoms with Crippen LogP contribution in [-0.4, -0.2) is 12.6 Å².